The Morgan fingerprint density at radius 1 is 0.774 bits per heavy atom. The van der Waals surface area contributed by atoms with Crippen LogP contribution in [0.15, 0.2) is 66.7 Å². The molecule has 4 nitrogen and oxygen atoms in total. The van der Waals surface area contributed by atoms with Gasteiger partial charge in [0.25, 0.3) is 0 Å². The third kappa shape index (κ3) is 4.11. The van der Waals surface area contributed by atoms with Crippen molar-refractivity contribution in [2.45, 2.75) is 33.3 Å². The van der Waals surface area contributed by atoms with Gasteiger partial charge in [0.05, 0.1) is 5.92 Å². The Labute approximate surface area is 181 Å². The van der Waals surface area contributed by atoms with Gasteiger partial charge in [-0.25, -0.2) is 4.79 Å². The van der Waals surface area contributed by atoms with Crippen molar-refractivity contribution >= 4 is 44.3 Å². The molecule has 2 unspecified atom stereocenters. The van der Waals surface area contributed by atoms with Crippen LogP contribution in [0.25, 0.3) is 32.3 Å². The van der Waals surface area contributed by atoms with Gasteiger partial charge in [-0.1, -0.05) is 74.5 Å². The zero-order valence-corrected chi connectivity index (χ0v) is 18.1. The lowest BCUT2D eigenvalue weighted by Gasteiger charge is -2.16. The van der Waals surface area contributed by atoms with Crippen LogP contribution in [0.1, 0.15) is 38.9 Å². The van der Waals surface area contributed by atoms with Crippen molar-refractivity contribution in [3.05, 3.63) is 72.3 Å². The molecule has 0 bridgehead atoms. The summed E-state index contributed by atoms with van der Waals surface area (Å²) >= 11 is 0. The quantitative estimate of drug-likeness (QED) is 0.273. The van der Waals surface area contributed by atoms with Gasteiger partial charge in [-0.15, -0.1) is 0 Å². The van der Waals surface area contributed by atoms with Crippen LogP contribution in [0.5, 0.6) is 0 Å². The fraction of sp³-hybridized carbons (Fsp3) is 0.259. The van der Waals surface area contributed by atoms with Crippen molar-refractivity contribution in [2.75, 3.05) is 6.61 Å². The van der Waals surface area contributed by atoms with Crippen LogP contribution in [0.2, 0.25) is 0 Å². The van der Waals surface area contributed by atoms with Crippen LogP contribution in [0.4, 0.5) is 0 Å². The first kappa shape index (κ1) is 20.9. The Morgan fingerprint density at radius 3 is 1.84 bits per heavy atom. The summed E-state index contributed by atoms with van der Waals surface area (Å²) in [7, 11) is 0. The average Bonchev–Trinajstić information content (AvgIpc) is 2.81. The van der Waals surface area contributed by atoms with Gasteiger partial charge in [-0.2, -0.15) is 0 Å². The van der Waals surface area contributed by atoms with E-state index in [2.05, 4.69) is 54.6 Å². The van der Waals surface area contributed by atoms with Crippen molar-refractivity contribution in [1.82, 2.24) is 0 Å². The van der Waals surface area contributed by atoms with E-state index < -0.39 is 12.1 Å². The summed E-state index contributed by atoms with van der Waals surface area (Å²) in [5.74, 6) is -1.16. The molecular formula is C27H26O4. The summed E-state index contributed by atoms with van der Waals surface area (Å²) in [6.07, 6.45) is 0.216. The highest BCUT2D eigenvalue weighted by Gasteiger charge is 2.18. The van der Waals surface area contributed by atoms with Crippen LogP contribution in [0, 0.1) is 5.92 Å². The highest BCUT2D eigenvalue weighted by atomic mass is 16.6. The lowest BCUT2D eigenvalue weighted by molar-refractivity contribution is -0.164. The van der Waals surface area contributed by atoms with Gasteiger partial charge < -0.3 is 9.47 Å². The minimum atomic E-state index is -0.549. The zero-order valence-electron chi connectivity index (χ0n) is 18.1. The Kier molecular flexibility index (Phi) is 5.90. The monoisotopic (exact) mass is 414 g/mol. The Bertz CT molecular complexity index is 1240. The summed E-state index contributed by atoms with van der Waals surface area (Å²) < 4.78 is 10.6. The molecule has 4 aromatic rings. The third-order valence-corrected chi connectivity index (χ3v) is 5.89. The van der Waals surface area contributed by atoms with Crippen LogP contribution < -0.4 is 0 Å². The standard InChI is InChI=1S/C27H26O4/c1-4-17(2)27(29)30-16-26(28)31-18(3)19-13-14-24-22-11-6-5-9-20(22)21-10-7-8-12-23(21)25(24)15-19/h5-15,17-18H,4,16H2,1-3H3. The smallest absolute Gasteiger partial charge is 0.344 e. The molecule has 0 aliphatic carbocycles. The molecule has 0 aliphatic rings. The summed E-state index contributed by atoms with van der Waals surface area (Å²) in [6.45, 7) is 5.14. The van der Waals surface area contributed by atoms with Gasteiger partial charge in [-0.3, -0.25) is 4.79 Å². The van der Waals surface area contributed by atoms with E-state index in [0.29, 0.717) is 6.42 Å². The molecule has 4 heteroatoms. The zero-order chi connectivity index (χ0) is 22.0. The minimum Gasteiger partial charge on any atom is -0.455 e. The molecule has 0 aromatic heterocycles. The Morgan fingerprint density at radius 2 is 1.29 bits per heavy atom. The molecular weight excluding hydrogens is 388 g/mol. The number of hydrogen-bond donors (Lipinski definition) is 0. The lowest BCUT2D eigenvalue weighted by atomic mass is 9.92. The number of rotatable bonds is 6. The maximum Gasteiger partial charge on any atom is 0.344 e. The van der Waals surface area contributed by atoms with Crippen LogP contribution in [-0.2, 0) is 19.1 Å². The van der Waals surface area contributed by atoms with E-state index in [-0.39, 0.29) is 18.5 Å². The van der Waals surface area contributed by atoms with Gasteiger partial charge in [0.2, 0.25) is 0 Å². The van der Waals surface area contributed by atoms with E-state index >= 15 is 0 Å². The normalized spacial score (nSPS) is 13.3. The van der Waals surface area contributed by atoms with E-state index in [9.17, 15) is 9.59 Å². The molecule has 31 heavy (non-hydrogen) atoms. The summed E-state index contributed by atoms with van der Waals surface area (Å²) in [5, 5.41) is 7.07. The molecule has 4 aromatic carbocycles. The Balaban J connectivity index is 1.63. The van der Waals surface area contributed by atoms with Gasteiger partial charge in [-0.05, 0) is 57.3 Å². The lowest BCUT2D eigenvalue weighted by Crippen LogP contribution is -2.21. The average molecular weight is 415 g/mol. The van der Waals surface area contributed by atoms with Crippen LogP contribution in [0.3, 0.4) is 0 Å². The summed E-state index contributed by atoms with van der Waals surface area (Å²) in [5.41, 5.74) is 0.898. The first-order valence-electron chi connectivity index (χ1n) is 10.7. The molecule has 0 spiro atoms. The molecule has 0 heterocycles. The number of esters is 2. The topological polar surface area (TPSA) is 52.6 Å². The summed E-state index contributed by atoms with van der Waals surface area (Å²) in [4.78, 5) is 24.0. The molecule has 2 atom stereocenters. The molecule has 158 valence electrons. The van der Waals surface area contributed by atoms with Gasteiger partial charge in [0.1, 0.15) is 6.10 Å². The number of hydrogen-bond acceptors (Lipinski definition) is 4. The summed E-state index contributed by atoms with van der Waals surface area (Å²) in [6, 6.07) is 22.9. The van der Waals surface area contributed by atoms with Crippen molar-refractivity contribution in [2.24, 2.45) is 5.92 Å². The SMILES string of the molecule is CCC(C)C(=O)OCC(=O)OC(C)c1ccc2c3ccccc3c3ccccc3c2c1. The fourth-order valence-corrected chi connectivity index (χ4v) is 3.92. The molecule has 0 amide bonds. The molecule has 0 aliphatic heterocycles. The Hall–Kier alpha value is -3.40. The largest absolute Gasteiger partial charge is 0.455 e. The van der Waals surface area contributed by atoms with Crippen molar-refractivity contribution in [3.8, 4) is 0 Å². The van der Waals surface area contributed by atoms with Gasteiger partial charge in [0, 0.05) is 0 Å². The number of ether oxygens (including phenoxy) is 2. The molecule has 0 saturated carbocycles. The van der Waals surface area contributed by atoms with Crippen molar-refractivity contribution in [1.29, 1.82) is 0 Å². The molecule has 0 saturated heterocycles. The van der Waals surface area contributed by atoms with Gasteiger partial charge >= 0.3 is 11.9 Å². The highest BCUT2D eigenvalue weighted by Crippen LogP contribution is 2.36. The minimum absolute atomic E-state index is 0.228. The molecule has 0 radical (unpaired) electrons. The second-order valence-corrected chi connectivity index (χ2v) is 7.95. The van der Waals surface area contributed by atoms with E-state index in [0.717, 1.165) is 10.9 Å². The number of carbonyl (C=O) groups is 2. The maximum absolute atomic E-state index is 12.2. The number of fused-ring (bicyclic) bond motifs is 6. The first-order chi connectivity index (χ1) is 15.0. The van der Waals surface area contributed by atoms with E-state index in [1.54, 1.807) is 6.92 Å². The van der Waals surface area contributed by atoms with E-state index in [1.165, 1.54) is 26.9 Å². The van der Waals surface area contributed by atoms with Gasteiger partial charge in [0.15, 0.2) is 6.61 Å². The van der Waals surface area contributed by atoms with Crippen LogP contribution >= 0.6 is 0 Å². The van der Waals surface area contributed by atoms with Crippen molar-refractivity contribution < 1.29 is 19.1 Å². The van der Waals surface area contributed by atoms with Crippen LogP contribution in [-0.4, -0.2) is 18.5 Å². The van der Waals surface area contributed by atoms with Crippen molar-refractivity contribution in [3.63, 3.8) is 0 Å². The second kappa shape index (κ2) is 8.76. The second-order valence-electron chi connectivity index (χ2n) is 7.95. The van der Waals surface area contributed by atoms with E-state index in [4.69, 9.17) is 9.47 Å². The molecule has 4 rings (SSSR count). The third-order valence-electron chi connectivity index (χ3n) is 5.89. The first-order valence-corrected chi connectivity index (χ1v) is 10.7. The predicted molar refractivity (Wildman–Crippen MR) is 124 cm³/mol. The predicted octanol–water partition coefficient (Wildman–Crippen LogP) is 6.34. The fourth-order valence-electron chi connectivity index (χ4n) is 3.92. The molecule has 0 fully saturated rings. The van der Waals surface area contributed by atoms with E-state index in [1.807, 2.05) is 26.0 Å². The highest BCUT2D eigenvalue weighted by molar-refractivity contribution is 6.25. The maximum atomic E-state index is 12.2. The number of benzene rings is 4. The molecule has 0 N–H and O–H groups in total. The number of carbonyl (C=O) groups excluding carboxylic acids is 2.